The van der Waals surface area contributed by atoms with Crippen LogP contribution in [-0.2, 0) is 11.2 Å². The minimum Gasteiger partial charge on any atom is -0.351 e. The van der Waals surface area contributed by atoms with Gasteiger partial charge in [0.15, 0.2) is 0 Å². The van der Waals surface area contributed by atoms with Gasteiger partial charge in [-0.1, -0.05) is 42.5 Å². The van der Waals surface area contributed by atoms with E-state index in [1.165, 1.54) is 0 Å². The van der Waals surface area contributed by atoms with Gasteiger partial charge in [0.2, 0.25) is 0 Å². The minimum absolute atomic E-state index is 0.120. The van der Waals surface area contributed by atoms with Crippen LogP contribution in [0.3, 0.4) is 0 Å². The van der Waals surface area contributed by atoms with Gasteiger partial charge in [0.25, 0.3) is 5.91 Å². The molecule has 0 bridgehead atoms. The summed E-state index contributed by atoms with van der Waals surface area (Å²) in [5, 5.41) is 12.0. The van der Waals surface area contributed by atoms with Crippen LogP contribution >= 0.6 is 11.8 Å². The van der Waals surface area contributed by atoms with Crippen molar-refractivity contribution in [1.82, 2.24) is 5.32 Å². The summed E-state index contributed by atoms with van der Waals surface area (Å²) in [7, 11) is 0. The van der Waals surface area contributed by atoms with E-state index in [4.69, 9.17) is 0 Å². The quantitative estimate of drug-likeness (QED) is 0.501. The van der Waals surface area contributed by atoms with Gasteiger partial charge in [0, 0.05) is 11.4 Å². The van der Waals surface area contributed by atoms with E-state index in [1.807, 2.05) is 66.9 Å². The summed E-state index contributed by atoms with van der Waals surface area (Å²) in [6, 6.07) is 19.6. The van der Waals surface area contributed by atoms with Gasteiger partial charge in [-0.05, 0) is 42.0 Å². The third kappa shape index (κ3) is 5.32. The highest BCUT2D eigenvalue weighted by atomic mass is 32.2. The van der Waals surface area contributed by atoms with E-state index in [9.17, 15) is 10.1 Å². The highest BCUT2D eigenvalue weighted by Gasteiger charge is 2.08. The molecule has 23 heavy (non-hydrogen) atoms. The predicted molar refractivity (Wildman–Crippen MR) is 95.0 cm³/mol. The average Bonchev–Trinajstić information content (AvgIpc) is 2.61. The largest absolute Gasteiger partial charge is 0.351 e. The molecule has 0 spiro atoms. The molecule has 2 aromatic carbocycles. The van der Waals surface area contributed by atoms with E-state index in [2.05, 4.69) is 5.32 Å². The van der Waals surface area contributed by atoms with Crippen LogP contribution in [0, 0.1) is 11.3 Å². The van der Waals surface area contributed by atoms with Crippen molar-refractivity contribution in [2.24, 2.45) is 0 Å². The molecule has 0 radical (unpaired) electrons. The SMILES string of the molecule is CSc1ccc(C=C(C#N)C(=O)NCCc2ccccc2)cc1. The number of carbonyl (C=O) groups excluding carboxylic acids is 1. The monoisotopic (exact) mass is 322 g/mol. The van der Waals surface area contributed by atoms with Crippen molar-refractivity contribution in [1.29, 1.82) is 5.26 Å². The van der Waals surface area contributed by atoms with E-state index in [0.29, 0.717) is 6.54 Å². The molecule has 1 N–H and O–H groups in total. The third-order valence-electron chi connectivity index (χ3n) is 3.33. The molecule has 2 rings (SSSR count). The Kier molecular flexibility index (Phi) is 6.46. The van der Waals surface area contributed by atoms with Gasteiger partial charge in [-0.15, -0.1) is 11.8 Å². The highest BCUT2D eigenvalue weighted by Crippen LogP contribution is 2.16. The molecule has 0 unspecified atom stereocenters. The van der Waals surface area contributed by atoms with Crippen LogP contribution in [0.5, 0.6) is 0 Å². The van der Waals surface area contributed by atoms with Crippen molar-refractivity contribution >= 4 is 23.7 Å². The first-order chi connectivity index (χ1) is 11.2. The standard InChI is InChI=1S/C19H18N2OS/c1-23-18-9-7-16(8-10-18)13-17(14-20)19(22)21-12-11-15-5-3-2-4-6-15/h2-10,13H,11-12H2,1H3,(H,21,22). The number of nitrogens with zero attached hydrogens (tertiary/aromatic N) is 1. The van der Waals surface area contributed by atoms with Gasteiger partial charge in [-0.3, -0.25) is 4.79 Å². The molecule has 0 saturated heterocycles. The number of hydrogen-bond acceptors (Lipinski definition) is 3. The molecule has 0 saturated carbocycles. The molecule has 0 aliphatic rings. The first-order valence-corrected chi connectivity index (χ1v) is 8.53. The number of thioether (sulfide) groups is 1. The fourth-order valence-electron chi connectivity index (χ4n) is 2.08. The van der Waals surface area contributed by atoms with Gasteiger partial charge in [0.1, 0.15) is 11.6 Å². The molecule has 116 valence electrons. The van der Waals surface area contributed by atoms with Crippen LogP contribution in [-0.4, -0.2) is 18.7 Å². The van der Waals surface area contributed by atoms with Crippen molar-refractivity contribution < 1.29 is 4.79 Å². The van der Waals surface area contributed by atoms with Crippen molar-refractivity contribution in [3.63, 3.8) is 0 Å². The summed E-state index contributed by atoms with van der Waals surface area (Å²) in [5.41, 5.74) is 2.12. The fourth-order valence-corrected chi connectivity index (χ4v) is 2.48. The van der Waals surface area contributed by atoms with Crippen LogP contribution in [0.15, 0.2) is 65.1 Å². The van der Waals surface area contributed by atoms with Crippen molar-refractivity contribution in [2.45, 2.75) is 11.3 Å². The maximum Gasteiger partial charge on any atom is 0.261 e. The van der Waals surface area contributed by atoms with Crippen LogP contribution in [0.1, 0.15) is 11.1 Å². The first kappa shape index (κ1) is 16.9. The van der Waals surface area contributed by atoms with Gasteiger partial charge in [-0.25, -0.2) is 0 Å². The molecule has 0 atom stereocenters. The molecule has 0 heterocycles. The van der Waals surface area contributed by atoms with E-state index < -0.39 is 0 Å². The summed E-state index contributed by atoms with van der Waals surface area (Å²) in [4.78, 5) is 13.2. The van der Waals surface area contributed by atoms with Gasteiger partial charge in [-0.2, -0.15) is 5.26 Å². The number of benzene rings is 2. The Hall–Kier alpha value is -2.51. The van der Waals surface area contributed by atoms with Crippen LogP contribution in [0.2, 0.25) is 0 Å². The zero-order chi connectivity index (χ0) is 16.5. The molecule has 4 heteroatoms. The Morgan fingerprint density at radius 1 is 1.17 bits per heavy atom. The zero-order valence-electron chi connectivity index (χ0n) is 13.0. The van der Waals surface area contributed by atoms with E-state index >= 15 is 0 Å². The molecule has 3 nitrogen and oxygen atoms in total. The van der Waals surface area contributed by atoms with E-state index in [-0.39, 0.29) is 11.5 Å². The smallest absolute Gasteiger partial charge is 0.261 e. The molecule has 0 aliphatic heterocycles. The third-order valence-corrected chi connectivity index (χ3v) is 4.08. The summed E-state index contributed by atoms with van der Waals surface area (Å²) < 4.78 is 0. The topological polar surface area (TPSA) is 52.9 Å². The van der Waals surface area contributed by atoms with Gasteiger partial charge in [0.05, 0.1) is 0 Å². The van der Waals surface area contributed by atoms with Crippen molar-refractivity contribution in [3.05, 3.63) is 71.3 Å². The lowest BCUT2D eigenvalue weighted by molar-refractivity contribution is -0.117. The number of nitrogens with one attached hydrogen (secondary N) is 1. The normalized spacial score (nSPS) is 10.9. The number of amides is 1. The molecule has 2 aromatic rings. The molecule has 0 aromatic heterocycles. The minimum atomic E-state index is -0.336. The number of rotatable bonds is 6. The maximum absolute atomic E-state index is 12.1. The Balaban J connectivity index is 1.95. The average molecular weight is 322 g/mol. The van der Waals surface area contributed by atoms with Gasteiger partial charge < -0.3 is 5.32 Å². The molecular formula is C19H18N2OS. The predicted octanol–water partition coefficient (Wildman–Crippen LogP) is 3.67. The lowest BCUT2D eigenvalue weighted by Crippen LogP contribution is -2.26. The number of carbonyl (C=O) groups is 1. The Labute approximate surface area is 141 Å². The van der Waals surface area contributed by atoms with Crippen molar-refractivity contribution in [3.8, 4) is 6.07 Å². The summed E-state index contributed by atoms with van der Waals surface area (Å²) in [6.07, 6.45) is 4.36. The van der Waals surface area contributed by atoms with Crippen LogP contribution in [0.25, 0.3) is 6.08 Å². The molecule has 0 fully saturated rings. The molecule has 1 amide bonds. The number of nitriles is 1. The van der Waals surface area contributed by atoms with Crippen LogP contribution in [0.4, 0.5) is 0 Å². The summed E-state index contributed by atoms with van der Waals surface area (Å²) in [6.45, 7) is 0.507. The Morgan fingerprint density at radius 2 is 1.87 bits per heavy atom. The zero-order valence-corrected chi connectivity index (χ0v) is 13.8. The second-order valence-electron chi connectivity index (χ2n) is 4.93. The summed E-state index contributed by atoms with van der Waals surface area (Å²) in [5.74, 6) is -0.336. The molecule has 0 aliphatic carbocycles. The lowest BCUT2D eigenvalue weighted by Gasteiger charge is -2.05. The highest BCUT2D eigenvalue weighted by molar-refractivity contribution is 7.98. The number of hydrogen-bond donors (Lipinski definition) is 1. The van der Waals surface area contributed by atoms with Gasteiger partial charge >= 0.3 is 0 Å². The van der Waals surface area contributed by atoms with E-state index in [1.54, 1.807) is 17.8 Å². The Morgan fingerprint density at radius 3 is 2.48 bits per heavy atom. The molecular weight excluding hydrogens is 304 g/mol. The Bertz CT molecular complexity index is 715. The summed E-state index contributed by atoms with van der Waals surface area (Å²) >= 11 is 1.65. The van der Waals surface area contributed by atoms with Crippen molar-refractivity contribution in [2.75, 3.05) is 12.8 Å². The fraction of sp³-hybridized carbons (Fsp3) is 0.158. The second-order valence-corrected chi connectivity index (χ2v) is 5.81. The van der Waals surface area contributed by atoms with Crippen LogP contribution < -0.4 is 5.32 Å². The second kappa shape index (κ2) is 8.82. The van der Waals surface area contributed by atoms with E-state index in [0.717, 1.165) is 22.4 Å². The first-order valence-electron chi connectivity index (χ1n) is 7.31. The maximum atomic E-state index is 12.1. The lowest BCUT2D eigenvalue weighted by atomic mass is 10.1.